The normalized spacial score (nSPS) is 11.1. The molecule has 168 valence electrons. The molecular formula is C28H28N2O2S. The second-order valence-corrected chi connectivity index (χ2v) is 8.84. The number of hydrogen-bond acceptors (Lipinski definition) is 3. The van der Waals surface area contributed by atoms with Crippen molar-refractivity contribution in [2.24, 2.45) is 0 Å². The lowest BCUT2D eigenvalue weighted by atomic mass is 10.1. The zero-order valence-corrected chi connectivity index (χ0v) is 19.6. The third-order valence-electron chi connectivity index (χ3n) is 5.89. The van der Waals surface area contributed by atoms with Crippen molar-refractivity contribution in [3.05, 3.63) is 107 Å². The second-order valence-electron chi connectivity index (χ2n) is 7.96. The number of nitrogens with one attached hydrogen (secondary N) is 1. The largest absolute Gasteiger partial charge is 0.477 e. The molecule has 1 aromatic heterocycles. The number of carboxylic acids is 1. The summed E-state index contributed by atoms with van der Waals surface area (Å²) in [6, 6.07) is 24.6. The van der Waals surface area contributed by atoms with Gasteiger partial charge >= 0.3 is 5.97 Å². The first-order chi connectivity index (χ1) is 16.1. The van der Waals surface area contributed by atoms with Crippen molar-refractivity contribution < 1.29 is 9.90 Å². The van der Waals surface area contributed by atoms with Gasteiger partial charge in [-0.05, 0) is 54.1 Å². The molecule has 0 bridgehead atoms. The number of fused-ring (bicyclic) bond motifs is 1. The van der Waals surface area contributed by atoms with Crippen LogP contribution in [0.15, 0.2) is 84.3 Å². The molecule has 5 heteroatoms. The molecule has 0 aliphatic carbocycles. The zero-order chi connectivity index (χ0) is 23.2. The summed E-state index contributed by atoms with van der Waals surface area (Å²) in [5.41, 5.74) is 5.48. The third-order valence-corrected chi connectivity index (χ3v) is 6.63. The van der Waals surface area contributed by atoms with Crippen LogP contribution in [0.4, 0.5) is 0 Å². The number of carbonyl (C=O) groups is 1. The number of rotatable bonds is 10. The summed E-state index contributed by atoms with van der Waals surface area (Å²) in [4.78, 5) is 13.6. The molecule has 33 heavy (non-hydrogen) atoms. The fraction of sp³-hybridized carbons (Fsp3) is 0.179. The van der Waals surface area contributed by atoms with E-state index in [4.69, 9.17) is 0 Å². The van der Waals surface area contributed by atoms with Crippen molar-refractivity contribution in [3.8, 4) is 0 Å². The minimum Gasteiger partial charge on any atom is -0.477 e. The number of para-hydroxylation sites is 1. The van der Waals surface area contributed by atoms with Crippen LogP contribution in [0.25, 0.3) is 17.0 Å². The zero-order valence-electron chi connectivity index (χ0n) is 18.8. The van der Waals surface area contributed by atoms with E-state index in [0.29, 0.717) is 18.8 Å². The highest BCUT2D eigenvalue weighted by Crippen LogP contribution is 2.28. The highest BCUT2D eigenvalue weighted by atomic mass is 32.2. The molecule has 0 aliphatic rings. The fourth-order valence-electron chi connectivity index (χ4n) is 4.14. The molecule has 4 nitrogen and oxygen atoms in total. The van der Waals surface area contributed by atoms with Gasteiger partial charge in [0.15, 0.2) is 0 Å². The van der Waals surface area contributed by atoms with Gasteiger partial charge in [0.2, 0.25) is 0 Å². The van der Waals surface area contributed by atoms with Crippen LogP contribution in [0, 0.1) is 0 Å². The van der Waals surface area contributed by atoms with Crippen molar-refractivity contribution >= 4 is 34.7 Å². The van der Waals surface area contributed by atoms with E-state index in [9.17, 15) is 9.90 Å². The first-order valence-electron chi connectivity index (χ1n) is 11.0. The Morgan fingerprint density at radius 3 is 2.39 bits per heavy atom. The molecule has 0 fully saturated rings. The summed E-state index contributed by atoms with van der Waals surface area (Å²) in [7, 11) is 0. The molecule has 3 aromatic carbocycles. The van der Waals surface area contributed by atoms with Gasteiger partial charge in [0.1, 0.15) is 5.69 Å². The quantitative estimate of drug-likeness (QED) is 0.224. The van der Waals surface area contributed by atoms with Gasteiger partial charge in [-0.25, -0.2) is 4.79 Å². The standard InChI is InChI=1S/C28H28N2O2S/c1-3-20-8-10-22(11-9-20)19-30-26-7-5-4-6-24(26)25(27(30)28(31)32)18-29-17-16-21-12-14-23(33-2)15-13-21/h3-15,29H,1,16-19H2,2H3,(H,31,32). The van der Waals surface area contributed by atoms with Crippen LogP contribution in [0.3, 0.4) is 0 Å². The van der Waals surface area contributed by atoms with Crippen molar-refractivity contribution in [3.63, 3.8) is 0 Å². The Balaban J connectivity index is 1.57. The molecule has 0 saturated carbocycles. The van der Waals surface area contributed by atoms with Gasteiger partial charge in [-0.1, -0.05) is 67.3 Å². The topological polar surface area (TPSA) is 54.3 Å². The Bertz CT molecular complexity index is 1260. The van der Waals surface area contributed by atoms with E-state index in [2.05, 4.69) is 42.4 Å². The van der Waals surface area contributed by atoms with E-state index in [0.717, 1.165) is 40.6 Å². The Morgan fingerprint density at radius 2 is 1.73 bits per heavy atom. The number of aromatic carboxylic acids is 1. The molecule has 0 radical (unpaired) electrons. The lowest BCUT2D eigenvalue weighted by molar-refractivity contribution is 0.0684. The van der Waals surface area contributed by atoms with E-state index >= 15 is 0 Å². The smallest absolute Gasteiger partial charge is 0.352 e. The number of nitrogens with zero attached hydrogens (tertiary/aromatic N) is 1. The molecule has 1 heterocycles. The molecule has 0 amide bonds. The summed E-state index contributed by atoms with van der Waals surface area (Å²) in [5.74, 6) is -0.904. The van der Waals surface area contributed by atoms with Crippen LogP contribution >= 0.6 is 11.8 Å². The molecule has 4 aromatic rings. The Kier molecular flexibility index (Phi) is 7.33. The van der Waals surface area contributed by atoms with Crippen molar-refractivity contribution in [1.29, 1.82) is 0 Å². The van der Waals surface area contributed by atoms with E-state index in [1.54, 1.807) is 17.8 Å². The van der Waals surface area contributed by atoms with Crippen LogP contribution in [0.2, 0.25) is 0 Å². The van der Waals surface area contributed by atoms with Crippen molar-refractivity contribution in [2.75, 3.05) is 12.8 Å². The minimum absolute atomic E-state index is 0.348. The monoisotopic (exact) mass is 456 g/mol. The van der Waals surface area contributed by atoms with Crippen LogP contribution in [0.1, 0.15) is 32.7 Å². The van der Waals surface area contributed by atoms with Crippen molar-refractivity contribution in [2.45, 2.75) is 24.4 Å². The Labute approximate surface area is 199 Å². The molecule has 0 aliphatic heterocycles. The van der Waals surface area contributed by atoms with Crippen LogP contribution < -0.4 is 5.32 Å². The average Bonchev–Trinajstić information content (AvgIpc) is 3.16. The molecule has 0 unspecified atom stereocenters. The van der Waals surface area contributed by atoms with Crippen molar-refractivity contribution in [1.82, 2.24) is 9.88 Å². The van der Waals surface area contributed by atoms with Crippen LogP contribution in [-0.2, 0) is 19.5 Å². The van der Waals surface area contributed by atoms with Gasteiger partial charge in [0.25, 0.3) is 0 Å². The highest BCUT2D eigenvalue weighted by Gasteiger charge is 2.22. The van der Waals surface area contributed by atoms with Gasteiger partial charge in [-0.3, -0.25) is 0 Å². The summed E-state index contributed by atoms with van der Waals surface area (Å²) in [6.07, 6.45) is 4.77. The minimum atomic E-state index is -0.904. The first kappa shape index (κ1) is 22.9. The van der Waals surface area contributed by atoms with E-state index < -0.39 is 5.97 Å². The maximum Gasteiger partial charge on any atom is 0.352 e. The Morgan fingerprint density at radius 1 is 1.03 bits per heavy atom. The number of aromatic nitrogens is 1. The maximum atomic E-state index is 12.4. The van der Waals surface area contributed by atoms with Gasteiger partial charge in [-0.15, -0.1) is 11.8 Å². The summed E-state index contributed by atoms with van der Waals surface area (Å²) < 4.78 is 1.92. The number of carboxylic acid groups (broad SMARTS) is 1. The molecule has 2 N–H and O–H groups in total. The predicted molar refractivity (Wildman–Crippen MR) is 138 cm³/mol. The van der Waals surface area contributed by atoms with E-state index in [-0.39, 0.29) is 0 Å². The van der Waals surface area contributed by atoms with Gasteiger partial charge in [0.05, 0.1) is 0 Å². The van der Waals surface area contributed by atoms with Crippen LogP contribution in [-0.4, -0.2) is 28.4 Å². The summed E-state index contributed by atoms with van der Waals surface area (Å²) in [6.45, 7) is 5.58. The molecule has 0 spiro atoms. The van der Waals surface area contributed by atoms with Gasteiger partial charge in [0, 0.05) is 34.5 Å². The van der Waals surface area contributed by atoms with Crippen LogP contribution in [0.5, 0.6) is 0 Å². The van der Waals surface area contributed by atoms with E-state index in [1.165, 1.54) is 10.5 Å². The van der Waals surface area contributed by atoms with Gasteiger partial charge in [-0.2, -0.15) is 0 Å². The highest BCUT2D eigenvalue weighted by molar-refractivity contribution is 7.98. The molecular weight excluding hydrogens is 428 g/mol. The molecule has 0 atom stereocenters. The number of benzene rings is 3. The average molecular weight is 457 g/mol. The first-order valence-corrected chi connectivity index (χ1v) is 12.2. The lowest BCUT2D eigenvalue weighted by Gasteiger charge is -2.10. The third kappa shape index (κ3) is 5.21. The Hall–Kier alpha value is -3.28. The predicted octanol–water partition coefficient (Wildman–Crippen LogP) is 6.09. The summed E-state index contributed by atoms with van der Waals surface area (Å²) >= 11 is 1.74. The fourth-order valence-corrected chi connectivity index (χ4v) is 4.55. The number of thioether (sulfide) groups is 1. The summed E-state index contributed by atoms with van der Waals surface area (Å²) in [5, 5.41) is 14.6. The maximum absolute atomic E-state index is 12.4. The SMILES string of the molecule is C=Cc1ccc(Cn2c(C(=O)O)c(CNCCc3ccc(SC)cc3)c3ccccc32)cc1. The lowest BCUT2D eigenvalue weighted by Crippen LogP contribution is -2.19. The number of hydrogen-bond donors (Lipinski definition) is 2. The van der Waals surface area contributed by atoms with Gasteiger partial charge < -0.3 is 15.0 Å². The second kappa shape index (κ2) is 10.6. The van der Waals surface area contributed by atoms with E-state index in [1.807, 2.05) is 53.1 Å². The molecule has 0 saturated heterocycles. The molecule has 4 rings (SSSR count).